The second kappa shape index (κ2) is 6.54. The van der Waals surface area contributed by atoms with Gasteiger partial charge in [-0.1, -0.05) is 6.07 Å². The van der Waals surface area contributed by atoms with Crippen molar-refractivity contribution >= 4 is 5.91 Å². The van der Waals surface area contributed by atoms with Crippen molar-refractivity contribution in [2.24, 2.45) is 0 Å². The van der Waals surface area contributed by atoms with E-state index in [-0.39, 0.29) is 11.3 Å². The summed E-state index contributed by atoms with van der Waals surface area (Å²) in [5.41, 5.74) is -0.887. The van der Waals surface area contributed by atoms with Crippen molar-refractivity contribution in [1.82, 2.24) is 10.3 Å². The third-order valence-electron chi connectivity index (χ3n) is 3.41. The molecule has 1 unspecified atom stereocenters. The zero-order chi connectivity index (χ0) is 18.1. The predicted molar refractivity (Wildman–Crippen MR) is 76.2 cm³/mol. The summed E-state index contributed by atoms with van der Waals surface area (Å²) in [5, 5.41) is 2.51. The largest absolute Gasteiger partial charge is 0.433 e. The van der Waals surface area contributed by atoms with Crippen LogP contribution in [0.4, 0.5) is 22.0 Å². The van der Waals surface area contributed by atoms with Crippen molar-refractivity contribution in [3.8, 4) is 0 Å². The monoisotopic (exact) mass is 344 g/mol. The van der Waals surface area contributed by atoms with Gasteiger partial charge in [-0.05, 0) is 43.7 Å². The number of pyridine rings is 1. The van der Waals surface area contributed by atoms with Crippen LogP contribution in [0.15, 0.2) is 30.3 Å². The average Bonchev–Trinajstić information content (AvgIpc) is 2.48. The van der Waals surface area contributed by atoms with E-state index in [2.05, 4.69) is 10.3 Å². The Morgan fingerprint density at radius 3 is 2.33 bits per heavy atom. The topological polar surface area (TPSA) is 42.0 Å². The standard InChI is InChI=1S/C16H13F5N2O/c1-8(10-3-5-12(17)13(18)7-10)23-15(24)11-4-6-14(16(19,20)21)22-9(11)2/h3-8H,1-2H3,(H,23,24). The van der Waals surface area contributed by atoms with Gasteiger partial charge in [0.15, 0.2) is 11.6 Å². The predicted octanol–water partition coefficient (Wildman–Crippen LogP) is 4.18. The SMILES string of the molecule is Cc1nc(C(F)(F)F)ccc1C(=O)NC(C)c1ccc(F)c(F)c1. The smallest absolute Gasteiger partial charge is 0.345 e. The number of carbonyl (C=O) groups excluding carboxylic acids is 1. The second-order valence-electron chi connectivity index (χ2n) is 5.20. The fraction of sp³-hybridized carbons (Fsp3) is 0.250. The quantitative estimate of drug-likeness (QED) is 0.849. The highest BCUT2D eigenvalue weighted by Gasteiger charge is 2.33. The summed E-state index contributed by atoms with van der Waals surface area (Å²) in [6, 6.07) is 4.24. The lowest BCUT2D eigenvalue weighted by molar-refractivity contribution is -0.141. The van der Waals surface area contributed by atoms with E-state index in [1.807, 2.05) is 0 Å². The Morgan fingerprint density at radius 1 is 1.12 bits per heavy atom. The van der Waals surface area contributed by atoms with Gasteiger partial charge in [-0.25, -0.2) is 13.8 Å². The average molecular weight is 344 g/mol. The number of amides is 1. The molecule has 1 N–H and O–H groups in total. The molecular formula is C16H13F5N2O. The molecule has 0 aliphatic heterocycles. The number of carbonyl (C=O) groups is 1. The molecule has 2 rings (SSSR count). The Morgan fingerprint density at radius 2 is 1.79 bits per heavy atom. The van der Waals surface area contributed by atoms with Gasteiger partial charge in [0.05, 0.1) is 17.3 Å². The number of hydrogen-bond acceptors (Lipinski definition) is 2. The maximum Gasteiger partial charge on any atom is 0.433 e. The van der Waals surface area contributed by atoms with Crippen LogP contribution in [0.5, 0.6) is 0 Å². The van der Waals surface area contributed by atoms with Crippen molar-refractivity contribution in [2.75, 3.05) is 0 Å². The molecule has 0 bridgehead atoms. The second-order valence-corrected chi connectivity index (χ2v) is 5.20. The van der Waals surface area contributed by atoms with Gasteiger partial charge in [-0.15, -0.1) is 0 Å². The molecule has 1 aromatic carbocycles. The molecular weight excluding hydrogens is 331 g/mol. The van der Waals surface area contributed by atoms with E-state index < -0.39 is 35.5 Å². The summed E-state index contributed by atoms with van der Waals surface area (Å²) in [6.45, 7) is 2.82. The van der Waals surface area contributed by atoms with Crippen molar-refractivity contribution < 1.29 is 26.7 Å². The van der Waals surface area contributed by atoms with Gasteiger partial charge < -0.3 is 5.32 Å². The minimum atomic E-state index is -4.60. The van der Waals surface area contributed by atoms with Gasteiger partial charge in [0.1, 0.15) is 5.69 Å². The fourth-order valence-corrected chi connectivity index (χ4v) is 2.10. The molecule has 0 saturated heterocycles. The molecule has 0 spiro atoms. The Kier molecular flexibility index (Phi) is 4.86. The molecule has 24 heavy (non-hydrogen) atoms. The zero-order valence-corrected chi connectivity index (χ0v) is 12.7. The molecule has 3 nitrogen and oxygen atoms in total. The number of halogens is 5. The van der Waals surface area contributed by atoms with Gasteiger partial charge in [0, 0.05) is 0 Å². The van der Waals surface area contributed by atoms with E-state index in [0.717, 1.165) is 18.2 Å². The van der Waals surface area contributed by atoms with Gasteiger partial charge in [0.25, 0.3) is 5.91 Å². The molecule has 1 aromatic heterocycles. The molecule has 8 heteroatoms. The number of aromatic nitrogens is 1. The minimum Gasteiger partial charge on any atom is -0.345 e. The highest BCUT2D eigenvalue weighted by atomic mass is 19.4. The summed E-state index contributed by atoms with van der Waals surface area (Å²) in [6.07, 6.45) is -4.60. The van der Waals surface area contributed by atoms with Crippen LogP contribution in [0.3, 0.4) is 0 Å². The number of nitrogens with zero attached hydrogens (tertiary/aromatic N) is 1. The Bertz CT molecular complexity index is 774. The summed E-state index contributed by atoms with van der Waals surface area (Å²) in [7, 11) is 0. The number of benzene rings is 1. The van der Waals surface area contributed by atoms with Crippen LogP contribution in [0.2, 0.25) is 0 Å². The van der Waals surface area contributed by atoms with Crippen LogP contribution < -0.4 is 5.32 Å². The lowest BCUT2D eigenvalue weighted by Crippen LogP contribution is -2.28. The van der Waals surface area contributed by atoms with Gasteiger partial charge in [0.2, 0.25) is 0 Å². The van der Waals surface area contributed by atoms with E-state index in [9.17, 15) is 26.7 Å². The van der Waals surface area contributed by atoms with Crippen LogP contribution in [-0.4, -0.2) is 10.9 Å². The lowest BCUT2D eigenvalue weighted by Gasteiger charge is -2.16. The summed E-state index contributed by atoms with van der Waals surface area (Å²) < 4.78 is 63.9. The van der Waals surface area contributed by atoms with Gasteiger partial charge in [-0.2, -0.15) is 13.2 Å². The van der Waals surface area contributed by atoms with Crippen molar-refractivity contribution in [3.63, 3.8) is 0 Å². The molecule has 0 radical (unpaired) electrons. The number of alkyl halides is 3. The molecule has 0 aliphatic carbocycles. The van der Waals surface area contributed by atoms with E-state index in [1.165, 1.54) is 19.9 Å². The molecule has 0 aliphatic rings. The van der Waals surface area contributed by atoms with E-state index in [0.29, 0.717) is 11.6 Å². The zero-order valence-electron chi connectivity index (χ0n) is 12.7. The molecule has 0 saturated carbocycles. The van der Waals surface area contributed by atoms with Crippen LogP contribution in [0.25, 0.3) is 0 Å². The molecule has 1 atom stereocenters. The van der Waals surface area contributed by atoms with E-state index >= 15 is 0 Å². The highest BCUT2D eigenvalue weighted by molar-refractivity contribution is 5.95. The summed E-state index contributed by atoms with van der Waals surface area (Å²) in [5.74, 6) is -2.73. The molecule has 0 fully saturated rings. The molecule has 1 heterocycles. The van der Waals surface area contributed by atoms with Crippen LogP contribution in [-0.2, 0) is 6.18 Å². The van der Waals surface area contributed by atoms with Crippen molar-refractivity contribution in [3.05, 3.63) is 64.5 Å². The van der Waals surface area contributed by atoms with Gasteiger partial charge >= 0.3 is 6.18 Å². The van der Waals surface area contributed by atoms with Crippen LogP contribution in [0, 0.1) is 18.6 Å². The Balaban J connectivity index is 2.18. The van der Waals surface area contributed by atoms with Gasteiger partial charge in [-0.3, -0.25) is 4.79 Å². The summed E-state index contributed by atoms with van der Waals surface area (Å²) in [4.78, 5) is 15.5. The third-order valence-corrected chi connectivity index (χ3v) is 3.41. The van der Waals surface area contributed by atoms with Crippen LogP contribution >= 0.6 is 0 Å². The number of aryl methyl sites for hydroxylation is 1. The molecule has 2 aromatic rings. The molecule has 1 amide bonds. The number of nitrogens with one attached hydrogen (secondary N) is 1. The highest BCUT2D eigenvalue weighted by Crippen LogP contribution is 2.28. The minimum absolute atomic E-state index is 0.0302. The number of rotatable bonds is 3. The maximum atomic E-state index is 13.2. The molecule has 128 valence electrons. The first-order valence-corrected chi connectivity index (χ1v) is 6.90. The third kappa shape index (κ3) is 3.87. The van der Waals surface area contributed by atoms with Crippen LogP contribution in [0.1, 0.15) is 40.3 Å². The Labute approximate surface area is 134 Å². The maximum absolute atomic E-state index is 13.2. The first kappa shape index (κ1) is 17.8. The Hall–Kier alpha value is -2.51. The van der Waals surface area contributed by atoms with Crippen molar-refractivity contribution in [1.29, 1.82) is 0 Å². The number of hydrogen-bond donors (Lipinski definition) is 1. The first-order chi connectivity index (χ1) is 11.1. The normalized spacial score (nSPS) is 12.8. The summed E-state index contributed by atoms with van der Waals surface area (Å²) >= 11 is 0. The van der Waals surface area contributed by atoms with E-state index in [1.54, 1.807) is 0 Å². The first-order valence-electron chi connectivity index (χ1n) is 6.90. The van der Waals surface area contributed by atoms with E-state index in [4.69, 9.17) is 0 Å². The lowest BCUT2D eigenvalue weighted by atomic mass is 10.1. The van der Waals surface area contributed by atoms with Crippen molar-refractivity contribution in [2.45, 2.75) is 26.1 Å². The fourth-order valence-electron chi connectivity index (χ4n) is 2.10.